The van der Waals surface area contributed by atoms with Crippen molar-refractivity contribution in [3.63, 3.8) is 0 Å². The van der Waals surface area contributed by atoms with Crippen LogP contribution in [0.1, 0.15) is 84.4 Å². The molecule has 1 atom stereocenters. The van der Waals surface area contributed by atoms with E-state index in [-0.39, 0.29) is 10.8 Å². The summed E-state index contributed by atoms with van der Waals surface area (Å²) in [5, 5.41) is 0. The van der Waals surface area contributed by atoms with Gasteiger partial charge in [-0.15, -0.1) is 0 Å². The molecule has 1 aromatic heterocycles. The monoisotopic (exact) mass is 553 g/mol. The Bertz CT molecular complexity index is 1560. The third kappa shape index (κ3) is 6.51. The molecule has 4 aromatic carbocycles. The van der Waals surface area contributed by atoms with Gasteiger partial charge in [0.15, 0.2) is 17.5 Å². The Labute approximate surface area is 252 Å². The summed E-state index contributed by atoms with van der Waals surface area (Å²) in [4.78, 5) is 14.9. The van der Waals surface area contributed by atoms with E-state index in [1.54, 1.807) is 0 Å². The third-order valence-electron chi connectivity index (χ3n) is 8.22. The predicted molar refractivity (Wildman–Crippen MR) is 178 cm³/mol. The Morgan fingerprint density at radius 2 is 0.738 bits per heavy atom. The van der Waals surface area contributed by atoms with Gasteiger partial charge in [-0.05, 0) is 51.0 Å². The van der Waals surface area contributed by atoms with E-state index in [1.165, 1.54) is 27.8 Å². The van der Waals surface area contributed by atoms with E-state index in [9.17, 15) is 0 Å². The maximum atomic E-state index is 4.97. The van der Waals surface area contributed by atoms with Crippen molar-refractivity contribution in [2.24, 2.45) is 0 Å². The molecule has 3 nitrogen and oxygen atoms in total. The molecule has 0 fully saturated rings. The van der Waals surface area contributed by atoms with Crippen LogP contribution in [0.25, 0.3) is 45.3 Å². The van der Waals surface area contributed by atoms with E-state index in [2.05, 4.69) is 152 Å². The van der Waals surface area contributed by atoms with Gasteiger partial charge >= 0.3 is 0 Å². The van der Waals surface area contributed by atoms with Crippen molar-refractivity contribution in [3.8, 4) is 45.3 Å². The largest absolute Gasteiger partial charge is 0.208 e. The highest BCUT2D eigenvalue weighted by atomic mass is 15.0. The lowest BCUT2D eigenvalue weighted by Crippen LogP contribution is -2.10. The Morgan fingerprint density at radius 3 is 1.05 bits per heavy atom. The van der Waals surface area contributed by atoms with Gasteiger partial charge in [0.25, 0.3) is 0 Å². The van der Waals surface area contributed by atoms with E-state index in [0.29, 0.717) is 23.4 Å². The van der Waals surface area contributed by atoms with E-state index in [1.807, 2.05) is 0 Å². The van der Waals surface area contributed by atoms with Crippen LogP contribution in [0.4, 0.5) is 0 Å². The SMILES string of the molecule is CCC(C)c1ccc(-c2ccc(-c3nc(-c4ccc(C(C)(C)C)cc4)nc(-c4ccc(C(C)(C)C)cc4)n3)cc2)cc1. The Hall–Kier alpha value is -4.11. The van der Waals surface area contributed by atoms with Crippen LogP contribution in [0, 0.1) is 0 Å². The molecule has 0 spiro atoms. The summed E-state index contributed by atoms with van der Waals surface area (Å²) in [6.45, 7) is 17.9. The molecule has 1 heterocycles. The van der Waals surface area contributed by atoms with Gasteiger partial charge in [-0.2, -0.15) is 0 Å². The van der Waals surface area contributed by atoms with Crippen molar-refractivity contribution in [2.45, 2.75) is 78.6 Å². The lowest BCUT2D eigenvalue weighted by atomic mass is 9.86. The highest BCUT2D eigenvalue weighted by molar-refractivity contribution is 5.70. The van der Waals surface area contributed by atoms with Crippen LogP contribution < -0.4 is 0 Å². The molecule has 0 aliphatic carbocycles. The topological polar surface area (TPSA) is 38.7 Å². The van der Waals surface area contributed by atoms with E-state index >= 15 is 0 Å². The van der Waals surface area contributed by atoms with Crippen LogP contribution in [0.3, 0.4) is 0 Å². The van der Waals surface area contributed by atoms with Crippen LogP contribution in [0.5, 0.6) is 0 Å². The first kappa shape index (κ1) is 29.4. The number of hydrogen-bond acceptors (Lipinski definition) is 3. The molecule has 1 unspecified atom stereocenters. The molecule has 0 N–H and O–H groups in total. The summed E-state index contributed by atoms with van der Waals surface area (Å²) in [7, 11) is 0. The number of aromatic nitrogens is 3. The van der Waals surface area contributed by atoms with Gasteiger partial charge < -0.3 is 0 Å². The Morgan fingerprint density at radius 1 is 0.452 bits per heavy atom. The zero-order valence-electron chi connectivity index (χ0n) is 26.4. The Kier molecular flexibility index (Phi) is 8.14. The van der Waals surface area contributed by atoms with Gasteiger partial charge in [-0.3, -0.25) is 0 Å². The minimum atomic E-state index is 0.0824. The zero-order chi connectivity index (χ0) is 30.1. The molecule has 42 heavy (non-hydrogen) atoms. The van der Waals surface area contributed by atoms with Crippen LogP contribution >= 0.6 is 0 Å². The lowest BCUT2D eigenvalue weighted by molar-refractivity contribution is 0.590. The molecule has 214 valence electrons. The van der Waals surface area contributed by atoms with Gasteiger partial charge in [-0.25, -0.2) is 15.0 Å². The molecule has 0 bridgehead atoms. The molecule has 0 saturated heterocycles. The van der Waals surface area contributed by atoms with E-state index in [4.69, 9.17) is 15.0 Å². The second-order valence-corrected chi connectivity index (χ2v) is 13.5. The average molecular weight is 554 g/mol. The lowest BCUT2D eigenvalue weighted by Gasteiger charge is -2.19. The molecule has 5 aromatic rings. The third-order valence-corrected chi connectivity index (χ3v) is 8.22. The van der Waals surface area contributed by atoms with Crippen molar-refractivity contribution >= 4 is 0 Å². The van der Waals surface area contributed by atoms with E-state index in [0.717, 1.165) is 23.1 Å². The van der Waals surface area contributed by atoms with Crippen molar-refractivity contribution in [1.29, 1.82) is 0 Å². The van der Waals surface area contributed by atoms with Crippen LogP contribution in [-0.2, 0) is 10.8 Å². The smallest absolute Gasteiger partial charge is 0.164 e. The molecule has 0 amide bonds. The second kappa shape index (κ2) is 11.6. The highest BCUT2D eigenvalue weighted by Crippen LogP contribution is 2.31. The first-order chi connectivity index (χ1) is 19.9. The van der Waals surface area contributed by atoms with Crippen molar-refractivity contribution in [1.82, 2.24) is 15.0 Å². The van der Waals surface area contributed by atoms with Gasteiger partial charge in [-0.1, -0.05) is 152 Å². The first-order valence-electron chi connectivity index (χ1n) is 15.1. The zero-order valence-corrected chi connectivity index (χ0v) is 26.4. The number of benzene rings is 4. The summed E-state index contributed by atoms with van der Waals surface area (Å²) < 4.78 is 0. The predicted octanol–water partition coefficient (Wildman–Crippen LogP) is 10.6. The molecular weight excluding hydrogens is 510 g/mol. The van der Waals surface area contributed by atoms with E-state index < -0.39 is 0 Å². The minimum Gasteiger partial charge on any atom is -0.208 e. The van der Waals surface area contributed by atoms with Crippen LogP contribution in [0.2, 0.25) is 0 Å². The summed E-state index contributed by atoms with van der Waals surface area (Å²) >= 11 is 0. The fourth-order valence-corrected chi connectivity index (χ4v) is 5.05. The van der Waals surface area contributed by atoms with Crippen LogP contribution in [-0.4, -0.2) is 15.0 Å². The number of hydrogen-bond donors (Lipinski definition) is 0. The maximum Gasteiger partial charge on any atom is 0.164 e. The molecule has 0 saturated carbocycles. The number of nitrogens with zero attached hydrogens (tertiary/aromatic N) is 3. The van der Waals surface area contributed by atoms with Gasteiger partial charge in [0, 0.05) is 16.7 Å². The summed E-state index contributed by atoms with van der Waals surface area (Å²) in [6.07, 6.45) is 1.14. The summed E-state index contributed by atoms with van der Waals surface area (Å²) in [5.41, 5.74) is 9.44. The minimum absolute atomic E-state index is 0.0824. The molecule has 3 heteroatoms. The van der Waals surface area contributed by atoms with Gasteiger partial charge in [0.2, 0.25) is 0 Å². The van der Waals surface area contributed by atoms with Crippen molar-refractivity contribution in [3.05, 3.63) is 114 Å². The molecular formula is C39H43N3. The van der Waals surface area contributed by atoms with Crippen LogP contribution in [0.15, 0.2) is 97.1 Å². The molecule has 0 aliphatic rings. The maximum absolute atomic E-state index is 4.97. The quantitative estimate of drug-likeness (QED) is 0.210. The average Bonchev–Trinajstić information content (AvgIpc) is 3.00. The van der Waals surface area contributed by atoms with Gasteiger partial charge in [0.1, 0.15) is 0 Å². The summed E-state index contributed by atoms with van der Waals surface area (Å²) in [6, 6.07) is 34.7. The highest BCUT2D eigenvalue weighted by Gasteiger charge is 2.17. The fraction of sp³-hybridized carbons (Fsp3) is 0.308. The molecule has 0 aliphatic heterocycles. The fourth-order valence-electron chi connectivity index (χ4n) is 5.05. The second-order valence-electron chi connectivity index (χ2n) is 13.5. The van der Waals surface area contributed by atoms with Crippen molar-refractivity contribution in [2.75, 3.05) is 0 Å². The summed E-state index contributed by atoms with van der Waals surface area (Å²) in [5.74, 6) is 2.61. The first-order valence-corrected chi connectivity index (χ1v) is 15.1. The van der Waals surface area contributed by atoms with Crippen molar-refractivity contribution < 1.29 is 0 Å². The Balaban J connectivity index is 1.54. The molecule has 5 rings (SSSR count). The molecule has 0 radical (unpaired) electrons. The normalized spacial score (nSPS) is 12.8. The standard InChI is InChI=1S/C39H43N3/c1-9-26(2)27-10-12-28(13-11-27)29-14-16-30(17-15-29)35-40-36(31-18-22-33(23-19-31)38(3,4)5)42-37(41-35)32-20-24-34(25-21-32)39(6,7)8/h10-26H,9H2,1-8H3. The number of rotatable bonds is 6. The van der Waals surface area contributed by atoms with Gasteiger partial charge in [0.05, 0.1) is 0 Å².